The van der Waals surface area contributed by atoms with Gasteiger partial charge in [-0.15, -0.1) is 0 Å². The number of carboxylic acid groups (broad SMARTS) is 1. The summed E-state index contributed by atoms with van der Waals surface area (Å²) in [5.74, 6) is -0.156. The molecule has 168 valence electrons. The van der Waals surface area contributed by atoms with Crippen LogP contribution >= 0.6 is 0 Å². The summed E-state index contributed by atoms with van der Waals surface area (Å²) < 4.78 is 39.5. The molecule has 8 heteroatoms. The van der Waals surface area contributed by atoms with Crippen molar-refractivity contribution in [1.82, 2.24) is 0 Å². The number of nitrogens with zero attached hydrogens (tertiary/aromatic N) is 1. The Balaban J connectivity index is 1.99. The summed E-state index contributed by atoms with van der Waals surface area (Å²) in [4.78, 5) is 11.2. The van der Waals surface area contributed by atoms with Crippen LogP contribution in [0.4, 0.5) is 5.69 Å². The zero-order valence-corrected chi connectivity index (χ0v) is 18.9. The van der Waals surface area contributed by atoms with Gasteiger partial charge in [-0.1, -0.05) is 30.3 Å². The van der Waals surface area contributed by atoms with Crippen LogP contribution in [-0.4, -0.2) is 32.6 Å². The topological polar surface area (TPSA) is 93.1 Å². The van der Waals surface area contributed by atoms with Crippen molar-refractivity contribution in [1.29, 1.82) is 0 Å². The molecule has 0 spiro atoms. The average molecular weight is 456 g/mol. The summed E-state index contributed by atoms with van der Waals surface area (Å²) in [6.45, 7) is 3.70. The molecule has 0 aliphatic carbocycles. The lowest BCUT2D eigenvalue weighted by atomic mass is 10.1. The van der Waals surface area contributed by atoms with E-state index in [9.17, 15) is 13.2 Å². The molecule has 0 bridgehead atoms. The molecule has 7 nitrogen and oxygen atoms in total. The third-order valence-electron chi connectivity index (χ3n) is 4.77. The summed E-state index contributed by atoms with van der Waals surface area (Å²) in [7, 11) is -2.33. The van der Waals surface area contributed by atoms with Crippen molar-refractivity contribution in [3.8, 4) is 11.5 Å². The molecule has 0 amide bonds. The van der Waals surface area contributed by atoms with Gasteiger partial charge in [0.2, 0.25) is 0 Å². The van der Waals surface area contributed by atoms with Gasteiger partial charge >= 0.3 is 5.97 Å². The first kappa shape index (κ1) is 23.1. The summed E-state index contributed by atoms with van der Waals surface area (Å²) in [5.41, 5.74) is 1.30. The predicted molar refractivity (Wildman–Crippen MR) is 122 cm³/mol. The molecular weight excluding hydrogens is 430 g/mol. The van der Waals surface area contributed by atoms with Crippen molar-refractivity contribution in [2.24, 2.45) is 0 Å². The van der Waals surface area contributed by atoms with Gasteiger partial charge in [0.1, 0.15) is 18.1 Å². The van der Waals surface area contributed by atoms with E-state index in [0.717, 1.165) is 5.56 Å². The number of aromatic carboxylic acids is 1. The number of sulfonamides is 1. The Morgan fingerprint density at radius 1 is 1.00 bits per heavy atom. The second-order valence-corrected chi connectivity index (χ2v) is 9.15. The maximum atomic E-state index is 13.4. The van der Waals surface area contributed by atoms with Crippen LogP contribution in [0.1, 0.15) is 29.8 Å². The van der Waals surface area contributed by atoms with Crippen LogP contribution < -0.4 is 13.8 Å². The van der Waals surface area contributed by atoms with Gasteiger partial charge < -0.3 is 14.6 Å². The summed E-state index contributed by atoms with van der Waals surface area (Å²) >= 11 is 0. The highest BCUT2D eigenvalue weighted by Crippen LogP contribution is 2.37. The molecule has 0 heterocycles. The molecule has 3 aromatic carbocycles. The summed E-state index contributed by atoms with van der Waals surface area (Å²) in [6.07, 6.45) is 0. The van der Waals surface area contributed by atoms with E-state index in [2.05, 4.69) is 0 Å². The van der Waals surface area contributed by atoms with Crippen molar-refractivity contribution in [2.75, 3.05) is 11.4 Å². The number of carboxylic acids is 1. The molecule has 0 atom stereocenters. The number of benzene rings is 3. The van der Waals surface area contributed by atoms with Crippen LogP contribution in [-0.2, 0) is 16.6 Å². The fraction of sp³-hybridized carbons (Fsp3) is 0.208. The Bertz CT molecular complexity index is 1170. The molecule has 0 saturated heterocycles. The number of ether oxygens (including phenoxy) is 2. The molecule has 1 N–H and O–H groups in total. The van der Waals surface area contributed by atoms with Crippen molar-refractivity contribution >= 4 is 21.7 Å². The highest BCUT2D eigenvalue weighted by Gasteiger charge is 2.30. The molecule has 0 radical (unpaired) electrons. The number of hydrogen-bond donors (Lipinski definition) is 1. The standard InChI is InChI=1S/C24H25NO6S/c1-17(2)25(32(28,29)21-7-5-4-6-8-21)22-14-13-20(30-3)15-23(22)31-16-18-9-11-19(12-10-18)24(26)27/h4-15,17H,16H2,1-3H3,(H,26,27). The normalized spacial score (nSPS) is 11.2. The third-order valence-corrected chi connectivity index (χ3v) is 6.77. The van der Waals surface area contributed by atoms with Gasteiger partial charge in [-0.25, -0.2) is 13.2 Å². The molecule has 0 aliphatic rings. The number of carbonyl (C=O) groups is 1. The Hall–Kier alpha value is -3.52. The Morgan fingerprint density at radius 3 is 2.22 bits per heavy atom. The van der Waals surface area contributed by atoms with Gasteiger partial charge in [0.15, 0.2) is 0 Å². The lowest BCUT2D eigenvalue weighted by Crippen LogP contribution is -2.37. The largest absolute Gasteiger partial charge is 0.497 e. The van der Waals surface area contributed by atoms with Gasteiger partial charge in [0.25, 0.3) is 10.0 Å². The van der Waals surface area contributed by atoms with E-state index >= 15 is 0 Å². The monoisotopic (exact) mass is 455 g/mol. The highest BCUT2D eigenvalue weighted by molar-refractivity contribution is 7.92. The second-order valence-electron chi connectivity index (χ2n) is 7.33. The van der Waals surface area contributed by atoms with Crippen molar-refractivity contribution < 1.29 is 27.8 Å². The fourth-order valence-electron chi connectivity index (χ4n) is 3.21. The zero-order valence-electron chi connectivity index (χ0n) is 18.1. The minimum absolute atomic E-state index is 0.122. The molecule has 0 fully saturated rings. The van der Waals surface area contributed by atoms with E-state index in [0.29, 0.717) is 17.2 Å². The van der Waals surface area contributed by atoms with E-state index in [1.54, 1.807) is 74.5 Å². The Kier molecular flexibility index (Phi) is 7.05. The first-order chi connectivity index (χ1) is 15.2. The second kappa shape index (κ2) is 9.74. The van der Waals surface area contributed by atoms with E-state index in [4.69, 9.17) is 14.6 Å². The smallest absolute Gasteiger partial charge is 0.335 e. The van der Waals surface area contributed by atoms with E-state index in [1.807, 2.05) is 0 Å². The van der Waals surface area contributed by atoms with Crippen LogP contribution in [0.15, 0.2) is 77.7 Å². The molecule has 0 aromatic heterocycles. The average Bonchev–Trinajstić information content (AvgIpc) is 2.78. The molecule has 3 rings (SSSR count). The van der Waals surface area contributed by atoms with Crippen LogP contribution in [0.3, 0.4) is 0 Å². The maximum absolute atomic E-state index is 13.4. The van der Waals surface area contributed by atoms with E-state index < -0.39 is 16.0 Å². The predicted octanol–water partition coefficient (Wildman–Crippen LogP) is 4.58. The molecular formula is C24H25NO6S. The lowest BCUT2D eigenvalue weighted by Gasteiger charge is -2.30. The minimum Gasteiger partial charge on any atom is -0.497 e. The first-order valence-corrected chi connectivity index (χ1v) is 11.4. The van der Waals surface area contributed by atoms with E-state index in [1.165, 1.54) is 23.5 Å². The summed E-state index contributed by atoms with van der Waals surface area (Å²) in [6, 6.07) is 19.1. The zero-order chi connectivity index (χ0) is 23.3. The first-order valence-electron chi connectivity index (χ1n) is 9.96. The SMILES string of the molecule is COc1ccc(N(C(C)C)S(=O)(=O)c2ccccc2)c(OCc2ccc(C(=O)O)cc2)c1. The van der Waals surface area contributed by atoms with Gasteiger partial charge in [-0.3, -0.25) is 4.31 Å². The van der Waals surface area contributed by atoms with Gasteiger partial charge in [-0.05, 0) is 55.8 Å². The molecule has 0 unspecified atom stereocenters. The number of methoxy groups -OCH3 is 1. The van der Waals surface area contributed by atoms with Gasteiger partial charge in [0, 0.05) is 12.1 Å². The minimum atomic E-state index is -3.85. The highest BCUT2D eigenvalue weighted by atomic mass is 32.2. The van der Waals surface area contributed by atoms with E-state index in [-0.39, 0.29) is 23.1 Å². The van der Waals surface area contributed by atoms with Gasteiger partial charge in [0.05, 0.1) is 23.3 Å². The quantitative estimate of drug-likeness (QED) is 0.508. The molecule has 3 aromatic rings. The molecule has 0 aliphatic heterocycles. The van der Waals surface area contributed by atoms with Crippen LogP contribution in [0.5, 0.6) is 11.5 Å². The number of rotatable bonds is 9. The molecule has 32 heavy (non-hydrogen) atoms. The Morgan fingerprint density at radius 2 is 1.66 bits per heavy atom. The van der Waals surface area contributed by atoms with Gasteiger partial charge in [-0.2, -0.15) is 0 Å². The van der Waals surface area contributed by atoms with Crippen molar-refractivity contribution in [3.63, 3.8) is 0 Å². The lowest BCUT2D eigenvalue weighted by molar-refractivity contribution is 0.0697. The Labute approximate surface area is 187 Å². The van der Waals surface area contributed by atoms with Crippen LogP contribution in [0, 0.1) is 0 Å². The number of anilines is 1. The van der Waals surface area contributed by atoms with Crippen molar-refractivity contribution in [2.45, 2.75) is 31.4 Å². The van der Waals surface area contributed by atoms with Crippen molar-refractivity contribution in [3.05, 3.63) is 83.9 Å². The number of hydrogen-bond acceptors (Lipinski definition) is 5. The third kappa shape index (κ3) is 5.03. The molecule has 0 saturated carbocycles. The summed E-state index contributed by atoms with van der Waals surface area (Å²) in [5, 5.41) is 9.05. The van der Waals surface area contributed by atoms with Crippen LogP contribution in [0.25, 0.3) is 0 Å². The fourth-order valence-corrected chi connectivity index (χ4v) is 4.91. The van der Waals surface area contributed by atoms with Crippen LogP contribution in [0.2, 0.25) is 0 Å². The maximum Gasteiger partial charge on any atom is 0.335 e.